The molecule has 3 fully saturated rings. The lowest BCUT2D eigenvalue weighted by Gasteiger charge is -2.53. The number of methoxy groups -OCH3 is 1. The molecule has 1 aliphatic carbocycles. The third-order valence-corrected chi connectivity index (χ3v) is 12.3. The maximum absolute atomic E-state index is 12.8. The molecule has 2 aromatic rings. The predicted molar refractivity (Wildman–Crippen MR) is 197 cm³/mol. The molecule has 0 bridgehead atoms. The summed E-state index contributed by atoms with van der Waals surface area (Å²) in [5.74, 6) is 0.455. The number of thiophene rings is 1. The molecule has 51 heavy (non-hydrogen) atoms. The number of halogens is 2. The Morgan fingerprint density at radius 1 is 1.10 bits per heavy atom. The van der Waals surface area contributed by atoms with Gasteiger partial charge < -0.3 is 30.9 Å². The fraction of sp³-hybridized carbons (Fsp3) is 0.600. The summed E-state index contributed by atoms with van der Waals surface area (Å²) in [6, 6.07) is 4.76. The van der Waals surface area contributed by atoms with Gasteiger partial charge in [-0.2, -0.15) is 20.5 Å². The average Bonchev–Trinajstić information content (AvgIpc) is 3.63. The first-order valence-electron chi connectivity index (χ1n) is 17.3. The fourth-order valence-electron chi connectivity index (χ4n) is 8.27. The van der Waals surface area contributed by atoms with Gasteiger partial charge >= 0.3 is 6.01 Å². The molecule has 0 radical (unpaired) electrons. The largest absolute Gasteiger partial charge is 0.467 e. The second kappa shape index (κ2) is 14.4. The Morgan fingerprint density at radius 3 is 2.45 bits per heavy atom. The van der Waals surface area contributed by atoms with Crippen LogP contribution in [0, 0.1) is 22.7 Å². The lowest BCUT2D eigenvalue weighted by atomic mass is 9.66. The normalized spacial score (nSPS) is 24.1. The van der Waals surface area contributed by atoms with Gasteiger partial charge in [0.2, 0.25) is 0 Å². The summed E-state index contributed by atoms with van der Waals surface area (Å²) >= 11 is 8.07. The van der Waals surface area contributed by atoms with Crippen molar-refractivity contribution in [1.29, 1.82) is 10.5 Å². The number of carbonyl (C=O) groups excluding carboxylic acids is 1. The van der Waals surface area contributed by atoms with E-state index in [0.717, 1.165) is 37.8 Å². The highest BCUT2D eigenvalue weighted by molar-refractivity contribution is 7.16. The molecule has 16 heteroatoms. The van der Waals surface area contributed by atoms with Crippen LogP contribution in [0.25, 0.3) is 0 Å². The van der Waals surface area contributed by atoms with Gasteiger partial charge in [0.1, 0.15) is 34.6 Å². The highest BCUT2D eigenvalue weighted by Gasteiger charge is 2.51. The van der Waals surface area contributed by atoms with Crippen LogP contribution in [0.3, 0.4) is 0 Å². The van der Waals surface area contributed by atoms with Gasteiger partial charge in [-0.05, 0) is 64.0 Å². The van der Waals surface area contributed by atoms with E-state index in [9.17, 15) is 19.7 Å². The van der Waals surface area contributed by atoms with Gasteiger partial charge in [-0.1, -0.05) is 11.6 Å². The average molecular weight is 738 g/mol. The zero-order chi connectivity index (χ0) is 36.7. The smallest absolute Gasteiger partial charge is 0.320 e. The van der Waals surface area contributed by atoms with Crippen LogP contribution in [0.2, 0.25) is 0 Å². The van der Waals surface area contributed by atoms with Gasteiger partial charge in [-0.25, -0.2) is 4.39 Å². The van der Waals surface area contributed by atoms with Gasteiger partial charge in [0.05, 0.1) is 30.0 Å². The molecule has 6 heterocycles. The minimum Gasteiger partial charge on any atom is -0.467 e. The van der Waals surface area contributed by atoms with Crippen molar-refractivity contribution in [2.45, 2.75) is 69.0 Å². The van der Waals surface area contributed by atoms with E-state index in [1.165, 1.54) is 41.1 Å². The second-order valence-electron chi connectivity index (χ2n) is 14.5. The summed E-state index contributed by atoms with van der Waals surface area (Å²) in [5.41, 5.74) is 14.6. The summed E-state index contributed by atoms with van der Waals surface area (Å²) in [7, 11) is 4.67. The maximum Gasteiger partial charge on any atom is 0.320 e. The van der Waals surface area contributed by atoms with Gasteiger partial charge in [0.25, 0.3) is 5.91 Å². The maximum atomic E-state index is 12.8. The summed E-state index contributed by atoms with van der Waals surface area (Å²) in [6.07, 6.45) is 6.23. The first-order chi connectivity index (χ1) is 24.3. The van der Waals surface area contributed by atoms with E-state index in [-0.39, 0.29) is 34.2 Å². The minimum absolute atomic E-state index is 0.0801. The van der Waals surface area contributed by atoms with E-state index in [4.69, 9.17) is 27.8 Å². The SMILES string of the molecule is CC12CCCN1CC(F)C2.COc1nc(N2CCCN=C(/C(Cl)=C(\N)C(=O)N(C)C)C2)c(C#N)c(N2CC3(CCCc4sc(N)c(C#N)c43)C2)n1. The van der Waals surface area contributed by atoms with Crippen LogP contribution in [-0.2, 0) is 16.6 Å². The summed E-state index contributed by atoms with van der Waals surface area (Å²) < 4.78 is 18.3. The van der Waals surface area contributed by atoms with Crippen molar-refractivity contribution in [3.63, 3.8) is 0 Å². The molecule has 1 amide bonds. The number of amides is 1. The van der Waals surface area contributed by atoms with E-state index < -0.39 is 12.1 Å². The summed E-state index contributed by atoms with van der Waals surface area (Å²) in [6.45, 7) is 6.42. The third-order valence-electron chi connectivity index (χ3n) is 10.8. The molecule has 2 aromatic heterocycles. The molecule has 13 nitrogen and oxygen atoms in total. The van der Waals surface area contributed by atoms with E-state index in [0.29, 0.717) is 72.6 Å². The molecule has 0 aromatic carbocycles. The van der Waals surface area contributed by atoms with E-state index in [1.807, 2.05) is 9.80 Å². The van der Waals surface area contributed by atoms with Gasteiger partial charge in [0.15, 0.2) is 11.6 Å². The second-order valence-corrected chi connectivity index (χ2v) is 16.0. The molecule has 2 atom stereocenters. The topological polar surface area (TPSA) is 177 Å². The number of carbonyl (C=O) groups is 1. The number of nitrogen functional groups attached to an aromatic ring is 1. The van der Waals surface area contributed by atoms with Crippen LogP contribution in [0.5, 0.6) is 6.01 Å². The first-order valence-corrected chi connectivity index (χ1v) is 18.5. The van der Waals surface area contributed by atoms with Crippen molar-refractivity contribution in [3.05, 3.63) is 32.3 Å². The highest BCUT2D eigenvalue weighted by atomic mass is 35.5. The zero-order valence-electron chi connectivity index (χ0n) is 29.6. The number of hydrogen-bond acceptors (Lipinski definition) is 13. The minimum atomic E-state index is -0.551. The molecule has 7 rings (SSSR count). The Kier molecular flexibility index (Phi) is 10.4. The van der Waals surface area contributed by atoms with Gasteiger partial charge in [-0.15, -0.1) is 11.3 Å². The molecule has 4 aliphatic heterocycles. The number of likely N-dealkylation sites (N-methyl/N-ethyl adjacent to an activating group) is 1. The van der Waals surface area contributed by atoms with Crippen LogP contribution in [0.1, 0.15) is 67.0 Å². The van der Waals surface area contributed by atoms with Crippen LogP contribution in [0.4, 0.5) is 21.0 Å². The number of aliphatic imine (C=N–C) groups is 1. The molecule has 1 spiro atoms. The molecular formula is C35H45ClFN11O2S. The number of nitrogens with two attached hydrogens (primary N) is 2. The number of aryl methyl sites for hydroxylation is 1. The van der Waals surface area contributed by atoms with Crippen molar-refractivity contribution in [2.24, 2.45) is 10.7 Å². The molecule has 2 unspecified atom stereocenters. The van der Waals surface area contributed by atoms with Crippen molar-refractivity contribution in [2.75, 3.05) is 82.6 Å². The molecule has 0 saturated carbocycles. The van der Waals surface area contributed by atoms with Crippen LogP contribution < -0.4 is 26.0 Å². The lowest BCUT2D eigenvalue weighted by molar-refractivity contribution is -0.124. The molecule has 3 saturated heterocycles. The zero-order valence-corrected chi connectivity index (χ0v) is 31.2. The van der Waals surface area contributed by atoms with Crippen molar-refractivity contribution in [3.8, 4) is 18.1 Å². The quantitative estimate of drug-likeness (QED) is 0.428. The van der Waals surface area contributed by atoms with Crippen LogP contribution >= 0.6 is 22.9 Å². The van der Waals surface area contributed by atoms with E-state index in [1.54, 1.807) is 14.1 Å². The highest BCUT2D eigenvalue weighted by Crippen LogP contribution is 2.51. The van der Waals surface area contributed by atoms with Crippen molar-refractivity contribution >= 4 is 51.2 Å². The number of fused-ring (bicyclic) bond motifs is 3. The standard InChI is InChI=1S/C27H31ClN10O2S.C8H14FN/c1-36(2)25(39)21(31)20(28)17-12-37(9-5-8-33-17)23-16(11-30)24(35-26(34-23)40-3)38-13-27(14-38)7-4-6-18-19(27)15(10-29)22(32)41-18;1-8-3-2-4-10(8)6-7(9)5-8/h4-9,12-14,31-32H2,1-3H3;7H,2-6H2,1H3/b21-20+;. The third kappa shape index (κ3) is 6.79. The summed E-state index contributed by atoms with van der Waals surface area (Å²) in [4.78, 5) is 34.9. The molecule has 272 valence electrons. The first kappa shape index (κ1) is 36.6. The summed E-state index contributed by atoms with van der Waals surface area (Å²) in [5, 5.41) is 20.8. The van der Waals surface area contributed by atoms with Crippen LogP contribution in [-0.4, -0.2) is 110 Å². The van der Waals surface area contributed by atoms with Gasteiger partial charge in [0, 0.05) is 62.7 Å². The van der Waals surface area contributed by atoms with Crippen molar-refractivity contribution < 1.29 is 13.9 Å². The lowest BCUT2D eigenvalue weighted by Crippen LogP contribution is -2.61. The number of alkyl halides is 1. The predicted octanol–water partition coefficient (Wildman–Crippen LogP) is 3.70. The number of ether oxygens (including phenoxy) is 1. The fourth-order valence-corrected chi connectivity index (χ4v) is 9.66. The Bertz CT molecular complexity index is 1840. The molecular weight excluding hydrogens is 693 g/mol. The molecule has 5 aliphatic rings. The van der Waals surface area contributed by atoms with E-state index in [2.05, 4.69) is 38.9 Å². The van der Waals surface area contributed by atoms with Crippen LogP contribution in [0.15, 0.2) is 15.7 Å². The number of anilines is 3. The Hall–Kier alpha value is -4.18. The number of rotatable bonds is 5. The Morgan fingerprint density at radius 2 is 1.80 bits per heavy atom. The Balaban J connectivity index is 0.000000381. The molecule has 4 N–H and O–H groups in total. The number of nitrogens with zero attached hydrogens (tertiary/aromatic N) is 9. The van der Waals surface area contributed by atoms with Crippen molar-refractivity contribution in [1.82, 2.24) is 19.8 Å². The monoisotopic (exact) mass is 737 g/mol. The number of hydrogen-bond donors (Lipinski definition) is 2. The Labute approximate surface area is 307 Å². The number of nitriles is 2. The van der Waals surface area contributed by atoms with E-state index >= 15 is 0 Å². The number of aromatic nitrogens is 2. The van der Waals surface area contributed by atoms with Gasteiger partial charge in [-0.3, -0.25) is 14.7 Å².